The second kappa shape index (κ2) is 12.7. The highest BCUT2D eigenvalue weighted by Gasteiger charge is 2.65. The van der Waals surface area contributed by atoms with Gasteiger partial charge >= 0.3 is 12.0 Å². The van der Waals surface area contributed by atoms with E-state index in [4.69, 9.17) is 9.47 Å². The zero-order valence-electron chi connectivity index (χ0n) is 25.7. The molecule has 9 nitrogen and oxygen atoms in total. The van der Waals surface area contributed by atoms with Crippen molar-refractivity contribution in [1.29, 1.82) is 5.26 Å². The van der Waals surface area contributed by atoms with Gasteiger partial charge in [-0.05, 0) is 73.5 Å². The molecule has 5 rings (SSSR count). The van der Waals surface area contributed by atoms with Crippen molar-refractivity contribution < 1.29 is 33.4 Å². The number of carbonyl (C=O) groups is 3. The topological polar surface area (TPSA) is 129 Å². The van der Waals surface area contributed by atoms with E-state index >= 15 is 0 Å². The van der Waals surface area contributed by atoms with Crippen molar-refractivity contribution in [2.75, 3.05) is 19.5 Å². The van der Waals surface area contributed by atoms with E-state index in [1.807, 2.05) is 25.1 Å². The normalized spacial score (nSPS) is 20.4. The van der Waals surface area contributed by atoms with Gasteiger partial charge in [0.05, 0.1) is 37.8 Å². The molecule has 4 atom stereocenters. The van der Waals surface area contributed by atoms with Gasteiger partial charge in [-0.15, -0.1) is 0 Å². The van der Waals surface area contributed by atoms with Gasteiger partial charge in [-0.25, -0.2) is 14.0 Å². The maximum atomic E-state index is 14.7. The summed E-state index contributed by atoms with van der Waals surface area (Å²) in [5.74, 6) is -3.76. The van der Waals surface area contributed by atoms with Crippen LogP contribution >= 0.6 is 0 Å². The van der Waals surface area contributed by atoms with Gasteiger partial charge < -0.3 is 19.9 Å². The number of likely N-dealkylation sites (tertiary alicyclic amines) is 1. The van der Waals surface area contributed by atoms with E-state index in [0.717, 1.165) is 5.56 Å². The number of aryl methyl sites for hydroxylation is 1. The fourth-order valence-electron chi connectivity index (χ4n) is 6.41. The third-order valence-electron chi connectivity index (χ3n) is 8.58. The Morgan fingerprint density at radius 1 is 0.913 bits per heavy atom. The van der Waals surface area contributed by atoms with Crippen LogP contribution in [0.2, 0.25) is 0 Å². The lowest BCUT2D eigenvalue weighted by atomic mass is 9.71. The largest absolute Gasteiger partial charge is 0.493 e. The zero-order valence-corrected chi connectivity index (χ0v) is 25.7. The van der Waals surface area contributed by atoms with Crippen molar-refractivity contribution in [1.82, 2.24) is 4.90 Å². The smallest absolute Gasteiger partial charge is 0.330 e. The van der Waals surface area contributed by atoms with Crippen LogP contribution in [0, 0.1) is 30.0 Å². The number of nitrogens with one attached hydrogen (secondary N) is 1. The molecule has 1 aliphatic heterocycles. The molecule has 234 valence electrons. The van der Waals surface area contributed by atoms with Crippen LogP contribution in [-0.2, 0) is 4.79 Å². The summed E-state index contributed by atoms with van der Waals surface area (Å²) in [6.45, 7) is 3.29. The molecule has 1 heterocycles. The van der Waals surface area contributed by atoms with E-state index < -0.39 is 47.0 Å². The number of Topliss-reactive ketones (excluding diaryl/α,β-unsaturated/α-hetero) is 1. The molecule has 0 aromatic heterocycles. The Hall–Kier alpha value is -5.69. The van der Waals surface area contributed by atoms with Crippen LogP contribution in [0.25, 0.3) is 0 Å². The number of halogens is 1. The van der Waals surface area contributed by atoms with E-state index in [1.165, 1.54) is 74.6 Å². The number of carbonyl (C=O) groups excluding carboxylic acids is 2. The van der Waals surface area contributed by atoms with Gasteiger partial charge in [0, 0.05) is 17.2 Å². The van der Waals surface area contributed by atoms with Crippen molar-refractivity contribution in [3.05, 3.63) is 125 Å². The minimum absolute atomic E-state index is 0.242. The fraction of sp³-hybridized carbons (Fsp3) is 0.222. The Labute approximate surface area is 265 Å². The highest BCUT2D eigenvalue weighted by atomic mass is 19.1. The van der Waals surface area contributed by atoms with Crippen LogP contribution in [-0.4, -0.2) is 47.5 Å². The molecule has 0 aliphatic carbocycles. The Balaban J connectivity index is 1.80. The highest BCUT2D eigenvalue weighted by molar-refractivity contribution is 6.03. The summed E-state index contributed by atoms with van der Waals surface area (Å²) in [7, 11) is 2.92. The van der Waals surface area contributed by atoms with Crippen molar-refractivity contribution in [3.63, 3.8) is 0 Å². The number of anilines is 1. The molecule has 0 bridgehead atoms. The Morgan fingerprint density at radius 3 is 2.17 bits per heavy atom. The number of benzene rings is 4. The van der Waals surface area contributed by atoms with Gasteiger partial charge in [0.15, 0.2) is 17.3 Å². The molecular formula is C36H32FN3O6. The lowest BCUT2D eigenvalue weighted by Crippen LogP contribution is -2.55. The van der Waals surface area contributed by atoms with Gasteiger partial charge in [0.25, 0.3) is 0 Å². The second-order valence-corrected chi connectivity index (χ2v) is 11.3. The first kappa shape index (κ1) is 31.7. The number of ketones is 1. The zero-order chi connectivity index (χ0) is 33.2. The average Bonchev–Trinajstić information content (AvgIpc) is 3.35. The molecule has 4 aromatic carbocycles. The van der Waals surface area contributed by atoms with Crippen LogP contribution in [0.5, 0.6) is 11.5 Å². The molecule has 0 radical (unpaired) electrons. The number of ether oxygens (including phenoxy) is 2. The van der Waals surface area contributed by atoms with Crippen molar-refractivity contribution in [2.45, 2.75) is 31.3 Å². The predicted octanol–water partition coefficient (Wildman–Crippen LogP) is 6.74. The summed E-state index contributed by atoms with van der Waals surface area (Å²) >= 11 is 0. The third-order valence-corrected chi connectivity index (χ3v) is 8.58. The number of nitriles is 1. The summed E-state index contributed by atoms with van der Waals surface area (Å²) in [5, 5.41) is 23.1. The maximum absolute atomic E-state index is 14.7. The summed E-state index contributed by atoms with van der Waals surface area (Å²) < 4.78 is 24.7. The molecule has 1 fully saturated rings. The molecule has 1 aliphatic rings. The first-order chi connectivity index (χ1) is 22.0. The summed E-state index contributed by atoms with van der Waals surface area (Å²) in [6.07, 6.45) is 0. The Morgan fingerprint density at radius 2 is 1.59 bits per heavy atom. The van der Waals surface area contributed by atoms with Crippen LogP contribution in [0.3, 0.4) is 0 Å². The number of amides is 2. The number of aliphatic carboxylic acids is 1. The fourth-order valence-corrected chi connectivity index (χ4v) is 6.41. The Kier molecular flexibility index (Phi) is 8.78. The van der Waals surface area contributed by atoms with Crippen molar-refractivity contribution in [2.24, 2.45) is 5.92 Å². The van der Waals surface area contributed by atoms with Crippen LogP contribution < -0.4 is 14.8 Å². The minimum atomic E-state index is -1.99. The van der Waals surface area contributed by atoms with Gasteiger partial charge in [-0.3, -0.25) is 9.69 Å². The SMILES string of the molecule is COc1ccc(C2C(C(=O)c3ccc(C#N)cc3)C(c3cccc(C)c3)N(C(=O)Nc3ccc(F)cc3)C2(C)C(=O)O)cc1OC. The number of hydrogen-bond donors (Lipinski definition) is 2. The van der Waals surface area contributed by atoms with Crippen LogP contribution in [0.4, 0.5) is 14.9 Å². The summed E-state index contributed by atoms with van der Waals surface area (Å²) in [6, 6.07) is 23.5. The summed E-state index contributed by atoms with van der Waals surface area (Å²) in [4.78, 5) is 43.8. The molecule has 2 N–H and O–H groups in total. The number of urea groups is 1. The van der Waals surface area contributed by atoms with E-state index in [1.54, 1.807) is 30.3 Å². The number of hydrogen-bond acceptors (Lipinski definition) is 6. The van der Waals surface area contributed by atoms with Crippen molar-refractivity contribution >= 4 is 23.5 Å². The minimum Gasteiger partial charge on any atom is -0.493 e. The van der Waals surface area contributed by atoms with Gasteiger partial charge in [-0.2, -0.15) is 5.26 Å². The number of methoxy groups -OCH3 is 2. The van der Waals surface area contributed by atoms with E-state index in [2.05, 4.69) is 5.32 Å². The lowest BCUT2D eigenvalue weighted by molar-refractivity contribution is -0.148. The second-order valence-electron chi connectivity index (χ2n) is 11.3. The van der Waals surface area contributed by atoms with E-state index in [0.29, 0.717) is 28.2 Å². The third kappa shape index (κ3) is 5.63. The quantitative estimate of drug-likeness (QED) is 0.209. The molecule has 10 heteroatoms. The molecule has 4 aromatic rings. The van der Waals surface area contributed by atoms with Crippen LogP contribution in [0.15, 0.2) is 91.0 Å². The molecule has 1 saturated heterocycles. The molecule has 0 spiro atoms. The maximum Gasteiger partial charge on any atom is 0.330 e. The average molecular weight is 622 g/mol. The Bertz CT molecular complexity index is 1840. The number of nitrogens with zero attached hydrogens (tertiary/aromatic N) is 2. The predicted molar refractivity (Wildman–Crippen MR) is 168 cm³/mol. The van der Waals surface area contributed by atoms with Gasteiger partial charge in [0.1, 0.15) is 11.4 Å². The molecule has 46 heavy (non-hydrogen) atoms. The van der Waals surface area contributed by atoms with Crippen molar-refractivity contribution in [3.8, 4) is 17.6 Å². The molecule has 0 saturated carbocycles. The van der Waals surface area contributed by atoms with E-state index in [-0.39, 0.29) is 11.3 Å². The first-order valence-electron chi connectivity index (χ1n) is 14.5. The molecular weight excluding hydrogens is 589 g/mol. The molecule has 2 amide bonds. The number of rotatable bonds is 8. The number of carboxylic acid groups (broad SMARTS) is 1. The lowest BCUT2D eigenvalue weighted by Gasteiger charge is -2.38. The van der Waals surface area contributed by atoms with Crippen LogP contribution in [0.1, 0.15) is 51.5 Å². The standard InChI is InChI=1S/C36H32FN3O6/c1-21-6-5-7-25(18-21)32-30(33(41)23-10-8-22(20-38)9-11-23)31(24-12-17-28(45-3)29(19-24)46-4)36(2,34(42)43)40(32)35(44)39-27-15-13-26(37)14-16-27/h5-19,30-32H,1-4H3,(H,39,44)(H,42,43). The first-order valence-corrected chi connectivity index (χ1v) is 14.5. The highest BCUT2D eigenvalue weighted by Crippen LogP contribution is 2.57. The monoisotopic (exact) mass is 621 g/mol. The van der Waals surface area contributed by atoms with Gasteiger partial charge in [-0.1, -0.05) is 48.0 Å². The molecule has 4 unspecified atom stereocenters. The van der Waals surface area contributed by atoms with Gasteiger partial charge in [0.2, 0.25) is 0 Å². The summed E-state index contributed by atoms with van der Waals surface area (Å²) in [5.41, 5.74) is 0.677. The van der Waals surface area contributed by atoms with E-state index in [9.17, 15) is 29.1 Å². The number of carboxylic acids is 1.